The third-order valence-corrected chi connectivity index (χ3v) is 5.44. The van der Waals surface area contributed by atoms with Crippen LogP contribution >= 0.6 is 0 Å². The molecule has 0 atom stereocenters. The highest BCUT2D eigenvalue weighted by Crippen LogP contribution is 2.27. The van der Waals surface area contributed by atoms with Gasteiger partial charge in [0, 0.05) is 33.2 Å². The van der Waals surface area contributed by atoms with Gasteiger partial charge in [0.25, 0.3) is 0 Å². The maximum Gasteiger partial charge on any atom is 0.409 e. The number of carbonyl (C=O) groups excluding carboxylic acids is 1. The molecule has 0 spiro atoms. The van der Waals surface area contributed by atoms with E-state index < -0.39 is 0 Å². The summed E-state index contributed by atoms with van der Waals surface area (Å²) < 4.78 is 12.3. The number of hydrogen-bond donors (Lipinski definition) is 0. The van der Waals surface area contributed by atoms with Crippen molar-refractivity contribution in [3.8, 4) is 0 Å². The Bertz CT molecular complexity index is 577. The van der Waals surface area contributed by atoms with Crippen molar-refractivity contribution < 1.29 is 14.3 Å². The highest BCUT2D eigenvalue weighted by molar-refractivity contribution is 5.67. The van der Waals surface area contributed by atoms with Gasteiger partial charge in [0.05, 0.1) is 13.2 Å². The molecule has 0 aromatic carbocycles. The summed E-state index contributed by atoms with van der Waals surface area (Å²) in [7, 11) is 3.67. The summed E-state index contributed by atoms with van der Waals surface area (Å²) >= 11 is 0. The van der Waals surface area contributed by atoms with Crippen LogP contribution < -0.4 is 0 Å². The van der Waals surface area contributed by atoms with E-state index >= 15 is 0 Å². The number of rotatable bonds is 6. The zero-order valence-electron chi connectivity index (χ0n) is 16.0. The summed E-state index contributed by atoms with van der Waals surface area (Å²) in [6.07, 6.45) is 5.45. The van der Waals surface area contributed by atoms with E-state index in [0.717, 1.165) is 44.1 Å². The fourth-order valence-electron chi connectivity index (χ4n) is 3.81. The van der Waals surface area contributed by atoms with E-state index in [1.165, 1.54) is 19.3 Å². The fraction of sp³-hybridized carbons (Fsp3) is 0.833. The molecule has 1 aromatic rings. The number of amides is 1. The highest BCUT2D eigenvalue weighted by Gasteiger charge is 2.28. The van der Waals surface area contributed by atoms with E-state index in [9.17, 15) is 4.79 Å². The van der Waals surface area contributed by atoms with E-state index in [-0.39, 0.29) is 6.09 Å². The standard InChI is InChI=1S/C18H31N5O3/c1-21-16(14-22-8-4-3-5-9-22)19-20-17(21)15-6-10-23(11-7-15)18(24)26-13-12-25-2/h15H,3-14H2,1-2H3. The predicted molar refractivity (Wildman–Crippen MR) is 96.9 cm³/mol. The molecule has 0 N–H and O–H groups in total. The molecule has 3 heterocycles. The van der Waals surface area contributed by atoms with Crippen LogP contribution in [0.2, 0.25) is 0 Å². The Balaban J connectivity index is 1.50. The Kier molecular flexibility index (Phi) is 6.85. The summed E-state index contributed by atoms with van der Waals surface area (Å²) in [5, 5.41) is 8.91. The summed E-state index contributed by atoms with van der Waals surface area (Å²) in [6.45, 7) is 5.33. The van der Waals surface area contributed by atoms with E-state index in [0.29, 0.717) is 32.2 Å². The van der Waals surface area contributed by atoms with Crippen molar-refractivity contribution >= 4 is 6.09 Å². The van der Waals surface area contributed by atoms with E-state index in [2.05, 4.69) is 26.7 Å². The topological polar surface area (TPSA) is 72.7 Å². The molecule has 8 heteroatoms. The molecule has 0 radical (unpaired) electrons. The third-order valence-electron chi connectivity index (χ3n) is 5.44. The van der Waals surface area contributed by atoms with E-state index in [1.807, 2.05) is 0 Å². The van der Waals surface area contributed by atoms with Crippen molar-refractivity contribution in [3.05, 3.63) is 11.6 Å². The molecule has 146 valence electrons. The first kappa shape index (κ1) is 19.1. The Morgan fingerprint density at radius 2 is 1.81 bits per heavy atom. The molecule has 3 rings (SSSR count). The molecular weight excluding hydrogens is 334 g/mol. The molecule has 1 amide bonds. The van der Waals surface area contributed by atoms with E-state index in [1.54, 1.807) is 12.0 Å². The van der Waals surface area contributed by atoms with Gasteiger partial charge in [-0.15, -0.1) is 10.2 Å². The van der Waals surface area contributed by atoms with Crippen LogP contribution in [0.1, 0.15) is 49.7 Å². The van der Waals surface area contributed by atoms with E-state index in [4.69, 9.17) is 9.47 Å². The summed E-state index contributed by atoms with van der Waals surface area (Å²) in [5.41, 5.74) is 0. The molecule has 26 heavy (non-hydrogen) atoms. The highest BCUT2D eigenvalue weighted by atomic mass is 16.6. The Labute approximate surface area is 155 Å². The van der Waals surface area contributed by atoms with Gasteiger partial charge in [0.1, 0.15) is 18.3 Å². The minimum absolute atomic E-state index is 0.246. The maximum absolute atomic E-state index is 12.0. The molecule has 8 nitrogen and oxygen atoms in total. The van der Waals surface area contributed by atoms with Crippen LogP contribution in [-0.2, 0) is 23.1 Å². The minimum atomic E-state index is -0.246. The second-order valence-corrected chi connectivity index (χ2v) is 7.24. The van der Waals surface area contributed by atoms with Gasteiger partial charge in [-0.05, 0) is 38.8 Å². The Morgan fingerprint density at radius 3 is 2.50 bits per heavy atom. The molecule has 0 bridgehead atoms. The second kappa shape index (κ2) is 9.32. The summed E-state index contributed by atoms with van der Waals surface area (Å²) in [5.74, 6) is 2.44. The smallest absolute Gasteiger partial charge is 0.409 e. The Hall–Kier alpha value is -1.67. The number of likely N-dealkylation sites (tertiary alicyclic amines) is 2. The van der Waals surface area contributed by atoms with Crippen LogP contribution in [0.15, 0.2) is 0 Å². The predicted octanol–water partition coefficient (Wildman–Crippen LogP) is 1.76. The van der Waals surface area contributed by atoms with Gasteiger partial charge in [0.15, 0.2) is 0 Å². The number of ether oxygens (including phenoxy) is 2. The van der Waals surface area contributed by atoms with Crippen molar-refractivity contribution in [3.63, 3.8) is 0 Å². The third kappa shape index (κ3) is 4.73. The first-order chi connectivity index (χ1) is 12.7. The van der Waals surface area contributed by atoms with Crippen molar-refractivity contribution in [1.29, 1.82) is 0 Å². The van der Waals surface area contributed by atoms with Gasteiger partial charge < -0.3 is 18.9 Å². The van der Waals surface area contributed by atoms with Gasteiger partial charge in [0.2, 0.25) is 0 Å². The number of nitrogens with zero attached hydrogens (tertiary/aromatic N) is 5. The van der Waals surface area contributed by atoms with Crippen LogP contribution in [0.4, 0.5) is 4.79 Å². The lowest BCUT2D eigenvalue weighted by molar-refractivity contribution is 0.0655. The van der Waals surface area contributed by atoms with Crippen LogP contribution in [-0.4, -0.2) is 77.2 Å². The number of hydrogen-bond acceptors (Lipinski definition) is 6. The quantitative estimate of drug-likeness (QED) is 0.716. The number of methoxy groups -OCH3 is 1. The van der Waals surface area contributed by atoms with Gasteiger partial charge in [-0.3, -0.25) is 4.90 Å². The first-order valence-corrected chi connectivity index (χ1v) is 9.70. The normalized spacial score (nSPS) is 19.7. The Morgan fingerprint density at radius 1 is 1.08 bits per heavy atom. The SMILES string of the molecule is COCCOC(=O)N1CCC(c2nnc(CN3CCCCC3)n2C)CC1. The largest absolute Gasteiger partial charge is 0.447 e. The molecule has 2 aliphatic rings. The molecular formula is C18H31N5O3. The van der Waals surface area contributed by atoms with Gasteiger partial charge in [-0.25, -0.2) is 4.79 Å². The molecule has 0 saturated carbocycles. The van der Waals surface area contributed by atoms with Crippen molar-refractivity contribution in [1.82, 2.24) is 24.6 Å². The van der Waals surface area contributed by atoms with Crippen LogP contribution in [0, 0.1) is 0 Å². The lowest BCUT2D eigenvalue weighted by Crippen LogP contribution is -2.39. The molecule has 0 unspecified atom stereocenters. The zero-order valence-corrected chi connectivity index (χ0v) is 16.0. The van der Waals surface area contributed by atoms with Gasteiger partial charge >= 0.3 is 6.09 Å². The fourth-order valence-corrected chi connectivity index (χ4v) is 3.81. The maximum atomic E-state index is 12.0. The molecule has 1 aromatic heterocycles. The minimum Gasteiger partial charge on any atom is -0.447 e. The number of piperidine rings is 2. The summed E-state index contributed by atoms with van der Waals surface area (Å²) in [6, 6.07) is 0. The molecule has 2 saturated heterocycles. The number of aromatic nitrogens is 3. The van der Waals surface area contributed by atoms with Crippen LogP contribution in [0.3, 0.4) is 0 Å². The molecule has 2 fully saturated rings. The molecule has 0 aliphatic carbocycles. The molecule has 2 aliphatic heterocycles. The zero-order chi connectivity index (χ0) is 18.4. The number of carbonyl (C=O) groups is 1. The van der Waals surface area contributed by atoms with Gasteiger partial charge in [-0.1, -0.05) is 6.42 Å². The van der Waals surface area contributed by atoms with Crippen LogP contribution in [0.25, 0.3) is 0 Å². The average molecular weight is 365 g/mol. The second-order valence-electron chi connectivity index (χ2n) is 7.24. The average Bonchev–Trinajstić information content (AvgIpc) is 3.03. The van der Waals surface area contributed by atoms with Crippen molar-refractivity contribution in [2.45, 2.75) is 44.6 Å². The lowest BCUT2D eigenvalue weighted by atomic mass is 9.96. The van der Waals surface area contributed by atoms with Crippen LogP contribution in [0.5, 0.6) is 0 Å². The van der Waals surface area contributed by atoms with Crippen molar-refractivity contribution in [2.24, 2.45) is 7.05 Å². The first-order valence-electron chi connectivity index (χ1n) is 9.70. The summed E-state index contributed by atoms with van der Waals surface area (Å²) in [4.78, 5) is 16.3. The monoisotopic (exact) mass is 365 g/mol. The van der Waals surface area contributed by atoms with Gasteiger partial charge in [-0.2, -0.15) is 0 Å². The lowest BCUT2D eigenvalue weighted by Gasteiger charge is -2.31. The van der Waals surface area contributed by atoms with Crippen molar-refractivity contribution in [2.75, 3.05) is 46.5 Å².